The number of carbonyl (C=O) groups excluding carboxylic acids is 3. The number of rotatable bonds is 52. The van der Waals surface area contributed by atoms with Crippen LogP contribution in [0.2, 0.25) is 0 Å². The molecule has 0 radical (unpaired) electrons. The summed E-state index contributed by atoms with van der Waals surface area (Å²) in [7, 11) is 0. The first-order valence-electron chi connectivity index (χ1n) is 29.2. The molecular formula is C64H108O6. The average molecular weight is 974 g/mol. The topological polar surface area (TPSA) is 78.9 Å². The highest BCUT2D eigenvalue weighted by Gasteiger charge is 2.19. The lowest BCUT2D eigenvalue weighted by molar-refractivity contribution is -0.167. The molecule has 0 amide bonds. The molecule has 0 N–H and O–H groups in total. The van der Waals surface area contributed by atoms with Gasteiger partial charge in [0, 0.05) is 19.3 Å². The van der Waals surface area contributed by atoms with Crippen LogP contribution >= 0.6 is 0 Å². The highest BCUT2D eigenvalue weighted by atomic mass is 16.6. The maximum atomic E-state index is 12.8. The Morgan fingerprint density at radius 2 is 0.586 bits per heavy atom. The van der Waals surface area contributed by atoms with E-state index in [0.29, 0.717) is 19.3 Å². The van der Waals surface area contributed by atoms with Gasteiger partial charge in [-0.3, -0.25) is 14.4 Å². The van der Waals surface area contributed by atoms with E-state index in [1.807, 2.05) is 0 Å². The van der Waals surface area contributed by atoms with Crippen LogP contribution < -0.4 is 0 Å². The molecule has 6 nitrogen and oxygen atoms in total. The fraction of sp³-hybridized carbons (Fsp3) is 0.703. The van der Waals surface area contributed by atoms with Crippen LogP contribution in [-0.2, 0) is 28.6 Å². The van der Waals surface area contributed by atoms with Crippen molar-refractivity contribution in [2.24, 2.45) is 0 Å². The Hall–Kier alpha value is -3.67. The van der Waals surface area contributed by atoms with E-state index in [9.17, 15) is 14.4 Å². The van der Waals surface area contributed by atoms with Crippen LogP contribution in [0.3, 0.4) is 0 Å². The van der Waals surface area contributed by atoms with Gasteiger partial charge in [0.05, 0.1) is 0 Å². The summed E-state index contributed by atoms with van der Waals surface area (Å²) in [4.78, 5) is 38.1. The Bertz CT molecular complexity index is 1400. The van der Waals surface area contributed by atoms with Gasteiger partial charge < -0.3 is 14.2 Å². The van der Waals surface area contributed by atoms with Crippen molar-refractivity contribution in [3.05, 3.63) is 97.2 Å². The molecule has 0 aliphatic heterocycles. The molecule has 0 fully saturated rings. The number of hydrogen-bond acceptors (Lipinski definition) is 6. The minimum atomic E-state index is -0.789. The van der Waals surface area contributed by atoms with E-state index in [1.54, 1.807) is 0 Å². The molecule has 6 heteroatoms. The molecule has 400 valence electrons. The molecule has 0 aliphatic rings. The van der Waals surface area contributed by atoms with E-state index in [-0.39, 0.29) is 31.1 Å². The molecule has 70 heavy (non-hydrogen) atoms. The van der Waals surface area contributed by atoms with E-state index >= 15 is 0 Å². The van der Waals surface area contributed by atoms with Crippen molar-refractivity contribution in [1.29, 1.82) is 0 Å². The van der Waals surface area contributed by atoms with Crippen molar-refractivity contribution in [1.82, 2.24) is 0 Å². The van der Waals surface area contributed by atoms with Crippen molar-refractivity contribution >= 4 is 17.9 Å². The zero-order chi connectivity index (χ0) is 50.7. The summed E-state index contributed by atoms with van der Waals surface area (Å²) in [5.41, 5.74) is 0. The Kier molecular flexibility index (Phi) is 54.9. The lowest BCUT2D eigenvalue weighted by atomic mass is 10.0. The van der Waals surface area contributed by atoms with Gasteiger partial charge in [-0.25, -0.2) is 0 Å². The van der Waals surface area contributed by atoms with Gasteiger partial charge in [0.2, 0.25) is 0 Å². The van der Waals surface area contributed by atoms with E-state index in [0.717, 1.165) is 141 Å². The van der Waals surface area contributed by atoms with Crippen molar-refractivity contribution in [2.75, 3.05) is 13.2 Å². The van der Waals surface area contributed by atoms with Gasteiger partial charge >= 0.3 is 17.9 Å². The summed E-state index contributed by atoms with van der Waals surface area (Å²) >= 11 is 0. The van der Waals surface area contributed by atoms with Crippen molar-refractivity contribution in [3.63, 3.8) is 0 Å². The maximum Gasteiger partial charge on any atom is 0.306 e. The quantitative estimate of drug-likeness (QED) is 0.0262. The molecule has 0 saturated carbocycles. The third-order valence-electron chi connectivity index (χ3n) is 12.3. The number of unbranched alkanes of at least 4 members (excludes halogenated alkanes) is 25. The molecule has 1 atom stereocenters. The van der Waals surface area contributed by atoms with Gasteiger partial charge in [0.25, 0.3) is 0 Å². The fourth-order valence-corrected chi connectivity index (χ4v) is 7.95. The lowest BCUT2D eigenvalue weighted by Gasteiger charge is -2.18. The Balaban J connectivity index is 4.36. The first kappa shape index (κ1) is 66.3. The van der Waals surface area contributed by atoms with Gasteiger partial charge in [-0.15, -0.1) is 0 Å². The first-order valence-corrected chi connectivity index (χ1v) is 29.2. The Labute approximate surface area is 432 Å². The normalized spacial score (nSPS) is 12.8. The molecule has 0 aromatic rings. The van der Waals surface area contributed by atoms with E-state index in [2.05, 4.69) is 118 Å². The fourth-order valence-electron chi connectivity index (χ4n) is 7.95. The predicted octanol–water partition coefficient (Wildman–Crippen LogP) is 19.7. The van der Waals surface area contributed by atoms with E-state index in [1.165, 1.54) is 89.9 Å². The molecule has 1 unspecified atom stereocenters. The van der Waals surface area contributed by atoms with Gasteiger partial charge in [-0.05, 0) is 96.3 Å². The SMILES string of the molecule is CC/C=C\C/C=C\C/C=C\C/C=C\C/C=C\C/C=C\CCCCCCCCC(=O)OCC(COC(=O)CCCCCCC/C=C\C/C=C\CCC)OC(=O)CCCCCCCCCCCCCCCC. The van der Waals surface area contributed by atoms with Crippen molar-refractivity contribution in [2.45, 2.75) is 277 Å². The van der Waals surface area contributed by atoms with Crippen LogP contribution in [0.15, 0.2) is 97.2 Å². The third kappa shape index (κ3) is 55.3. The molecule has 0 heterocycles. The lowest BCUT2D eigenvalue weighted by Crippen LogP contribution is -2.30. The van der Waals surface area contributed by atoms with Gasteiger partial charge in [-0.2, -0.15) is 0 Å². The molecule has 0 aromatic heterocycles. The highest BCUT2D eigenvalue weighted by Crippen LogP contribution is 2.15. The molecule has 0 rings (SSSR count). The Morgan fingerprint density at radius 1 is 0.300 bits per heavy atom. The second-order valence-electron chi connectivity index (χ2n) is 19.2. The average Bonchev–Trinajstić information content (AvgIpc) is 3.36. The molecule has 0 bridgehead atoms. The number of esters is 3. The minimum Gasteiger partial charge on any atom is -0.462 e. The highest BCUT2D eigenvalue weighted by molar-refractivity contribution is 5.71. The summed E-state index contributed by atoms with van der Waals surface area (Å²) in [6.45, 7) is 6.45. The van der Waals surface area contributed by atoms with Crippen molar-refractivity contribution < 1.29 is 28.6 Å². The van der Waals surface area contributed by atoms with Crippen LogP contribution in [0.5, 0.6) is 0 Å². The summed E-state index contributed by atoms with van der Waals surface area (Å²) in [6.07, 6.45) is 76.8. The molecule has 0 aromatic carbocycles. The van der Waals surface area contributed by atoms with Crippen LogP contribution in [0.1, 0.15) is 271 Å². The zero-order valence-electron chi connectivity index (χ0n) is 45.8. The minimum absolute atomic E-state index is 0.0882. The smallest absolute Gasteiger partial charge is 0.306 e. The molecule has 0 saturated heterocycles. The first-order chi connectivity index (χ1) is 34.5. The van der Waals surface area contributed by atoms with E-state index < -0.39 is 6.10 Å². The van der Waals surface area contributed by atoms with Crippen LogP contribution in [0.4, 0.5) is 0 Å². The predicted molar refractivity (Wildman–Crippen MR) is 302 cm³/mol. The zero-order valence-corrected chi connectivity index (χ0v) is 45.8. The van der Waals surface area contributed by atoms with Gasteiger partial charge in [-0.1, -0.05) is 253 Å². The second-order valence-corrected chi connectivity index (χ2v) is 19.2. The number of hydrogen-bond donors (Lipinski definition) is 0. The largest absolute Gasteiger partial charge is 0.462 e. The second kappa shape index (κ2) is 57.9. The molecule has 0 spiro atoms. The number of ether oxygens (including phenoxy) is 3. The van der Waals surface area contributed by atoms with Gasteiger partial charge in [0.15, 0.2) is 6.10 Å². The van der Waals surface area contributed by atoms with Crippen molar-refractivity contribution in [3.8, 4) is 0 Å². The summed E-state index contributed by atoms with van der Waals surface area (Å²) in [6, 6.07) is 0. The molecule has 0 aliphatic carbocycles. The summed E-state index contributed by atoms with van der Waals surface area (Å²) in [5.74, 6) is -0.910. The molecular weight excluding hydrogens is 865 g/mol. The monoisotopic (exact) mass is 973 g/mol. The standard InChI is InChI=1S/C64H108O6/c1-4-7-10-13-16-19-22-25-27-28-29-30-31-32-33-34-35-36-37-40-42-45-48-51-54-57-63(66)69-60-61(59-68-62(65)56-53-50-47-44-41-38-24-21-18-15-12-9-6-3)70-64(67)58-55-52-49-46-43-39-26-23-20-17-14-11-8-5-2/h7,10,12,15-16,19,21,24-25,27,29-30,32-33,35-36,61H,4-6,8-9,11,13-14,17-18,20,22-23,26,28,31,34,37-60H2,1-3H3/b10-7-,15-12-,19-16-,24-21-,27-25-,30-29-,33-32-,36-35-. The number of allylic oxidation sites excluding steroid dienone is 16. The number of carbonyl (C=O) groups is 3. The van der Waals surface area contributed by atoms with Gasteiger partial charge in [0.1, 0.15) is 13.2 Å². The van der Waals surface area contributed by atoms with Crippen LogP contribution in [0.25, 0.3) is 0 Å². The van der Waals surface area contributed by atoms with Crippen LogP contribution in [0, 0.1) is 0 Å². The third-order valence-corrected chi connectivity index (χ3v) is 12.3. The van der Waals surface area contributed by atoms with E-state index in [4.69, 9.17) is 14.2 Å². The summed E-state index contributed by atoms with van der Waals surface area (Å²) < 4.78 is 16.8. The summed E-state index contributed by atoms with van der Waals surface area (Å²) in [5, 5.41) is 0. The maximum absolute atomic E-state index is 12.8. The Morgan fingerprint density at radius 3 is 0.929 bits per heavy atom. The van der Waals surface area contributed by atoms with Crippen LogP contribution in [-0.4, -0.2) is 37.2 Å².